The molecule has 0 atom stereocenters. The zero-order chi connectivity index (χ0) is 11.8. The lowest BCUT2D eigenvalue weighted by atomic mass is 10.2. The van der Waals surface area contributed by atoms with E-state index in [2.05, 4.69) is 27.0 Å². The molecule has 1 aliphatic rings. The Kier molecular flexibility index (Phi) is 6.03. The summed E-state index contributed by atoms with van der Waals surface area (Å²) in [4.78, 5) is 2.62. The Hall–Kier alpha value is -0.380. The van der Waals surface area contributed by atoms with Crippen molar-refractivity contribution in [1.82, 2.24) is 10.2 Å². The highest BCUT2D eigenvalue weighted by Gasteiger charge is 2.07. The predicted octanol–water partition coefficient (Wildman–Crippen LogP) is 2.76. The maximum atomic E-state index is 3.55. The van der Waals surface area contributed by atoms with Crippen LogP contribution in [-0.4, -0.2) is 37.6 Å². The van der Waals surface area contributed by atoms with E-state index in [4.69, 9.17) is 0 Å². The van der Waals surface area contributed by atoms with Crippen molar-refractivity contribution in [3.63, 3.8) is 0 Å². The van der Waals surface area contributed by atoms with Gasteiger partial charge in [0, 0.05) is 13.1 Å². The Morgan fingerprint density at radius 1 is 1.12 bits per heavy atom. The normalized spacial score (nSPS) is 18.1. The van der Waals surface area contributed by atoms with Crippen molar-refractivity contribution in [1.29, 1.82) is 0 Å². The molecule has 1 aromatic heterocycles. The van der Waals surface area contributed by atoms with Crippen molar-refractivity contribution in [2.45, 2.75) is 32.1 Å². The van der Waals surface area contributed by atoms with Crippen LogP contribution in [0, 0.1) is 0 Å². The van der Waals surface area contributed by atoms with Crippen molar-refractivity contribution < 1.29 is 0 Å². The summed E-state index contributed by atoms with van der Waals surface area (Å²) >= 11 is 1.79. The smallest absolute Gasteiger partial charge is 0.0107 e. The molecule has 2 heterocycles. The van der Waals surface area contributed by atoms with E-state index >= 15 is 0 Å². The minimum Gasteiger partial charge on any atom is -0.315 e. The maximum Gasteiger partial charge on any atom is 0.0107 e. The van der Waals surface area contributed by atoms with Crippen molar-refractivity contribution in [2.75, 3.05) is 32.7 Å². The number of hydrogen-bond acceptors (Lipinski definition) is 3. The number of nitrogens with one attached hydrogen (secondary N) is 1. The van der Waals surface area contributed by atoms with Crippen molar-refractivity contribution in [3.8, 4) is 0 Å². The molecule has 1 aliphatic heterocycles. The van der Waals surface area contributed by atoms with Gasteiger partial charge in [0.25, 0.3) is 0 Å². The summed E-state index contributed by atoms with van der Waals surface area (Å²) in [5.74, 6) is 0. The molecule has 0 radical (unpaired) electrons. The quantitative estimate of drug-likeness (QED) is 0.783. The van der Waals surface area contributed by atoms with E-state index in [9.17, 15) is 0 Å². The van der Waals surface area contributed by atoms with E-state index in [1.54, 1.807) is 11.3 Å². The molecule has 1 N–H and O–H groups in total. The average molecular weight is 252 g/mol. The van der Waals surface area contributed by atoms with E-state index in [1.165, 1.54) is 57.3 Å². The third kappa shape index (κ3) is 5.19. The summed E-state index contributed by atoms with van der Waals surface area (Å²) in [7, 11) is 0. The monoisotopic (exact) mass is 252 g/mol. The third-order valence-electron chi connectivity index (χ3n) is 3.47. The molecule has 0 aliphatic carbocycles. The van der Waals surface area contributed by atoms with Crippen LogP contribution in [0.15, 0.2) is 16.8 Å². The van der Waals surface area contributed by atoms with Crippen molar-refractivity contribution in [3.05, 3.63) is 22.4 Å². The zero-order valence-electron chi connectivity index (χ0n) is 10.7. The van der Waals surface area contributed by atoms with Gasteiger partial charge in [-0.1, -0.05) is 12.8 Å². The molecule has 2 nitrogen and oxygen atoms in total. The number of thiophene rings is 1. The molecule has 0 aromatic carbocycles. The summed E-state index contributed by atoms with van der Waals surface area (Å²) in [6.07, 6.45) is 6.83. The Morgan fingerprint density at radius 3 is 2.65 bits per heavy atom. The van der Waals surface area contributed by atoms with Crippen molar-refractivity contribution >= 4 is 11.3 Å². The highest BCUT2D eigenvalue weighted by molar-refractivity contribution is 7.07. The summed E-state index contributed by atoms with van der Waals surface area (Å²) < 4.78 is 0. The molecular weight excluding hydrogens is 228 g/mol. The third-order valence-corrected chi connectivity index (χ3v) is 4.21. The van der Waals surface area contributed by atoms with Crippen LogP contribution in [0.4, 0.5) is 0 Å². The molecule has 0 amide bonds. The van der Waals surface area contributed by atoms with Gasteiger partial charge in [-0.05, 0) is 61.3 Å². The maximum absolute atomic E-state index is 3.55. The highest BCUT2D eigenvalue weighted by atomic mass is 32.1. The van der Waals surface area contributed by atoms with Crippen LogP contribution in [0.25, 0.3) is 0 Å². The predicted molar refractivity (Wildman–Crippen MR) is 75.8 cm³/mol. The molecule has 96 valence electrons. The topological polar surface area (TPSA) is 15.3 Å². The average Bonchev–Trinajstić information content (AvgIpc) is 2.72. The Balaban J connectivity index is 1.50. The SMILES string of the molecule is c1cc(CCNCCN2CCCCCC2)cs1. The van der Waals surface area contributed by atoms with Crippen molar-refractivity contribution in [2.24, 2.45) is 0 Å². The molecule has 1 saturated heterocycles. The van der Waals surface area contributed by atoms with E-state index < -0.39 is 0 Å². The largest absolute Gasteiger partial charge is 0.315 e. The van der Waals surface area contributed by atoms with Crippen LogP contribution in [0.2, 0.25) is 0 Å². The molecule has 0 bridgehead atoms. The number of rotatable bonds is 6. The molecule has 2 rings (SSSR count). The van der Waals surface area contributed by atoms with Gasteiger partial charge in [0.05, 0.1) is 0 Å². The van der Waals surface area contributed by atoms with E-state index in [1.807, 2.05) is 0 Å². The number of nitrogens with zero attached hydrogens (tertiary/aromatic N) is 1. The van der Waals surface area contributed by atoms with Gasteiger partial charge in [-0.25, -0.2) is 0 Å². The standard InChI is InChI=1S/C14H24N2S/c1-2-4-10-16(9-3-1)11-8-15-7-5-14-6-12-17-13-14/h6,12-13,15H,1-5,7-11H2. The second-order valence-electron chi connectivity index (χ2n) is 4.89. The van der Waals surface area contributed by atoms with Crippen LogP contribution >= 0.6 is 11.3 Å². The minimum absolute atomic E-state index is 1.12. The minimum atomic E-state index is 1.12. The first-order valence-corrected chi connectivity index (χ1v) is 7.83. The van der Waals surface area contributed by atoms with Gasteiger partial charge >= 0.3 is 0 Å². The van der Waals surface area contributed by atoms with Gasteiger partial charge in [0.2, 0.25) is 0 Å². The van der Waals surface area contributed by atoms with E-state index in [0.29, 0.717) is 0 Å². The highest BCUT2D eigenvalue weighted by Crippen LogP contribution is 2.08. The molecular formula is C14H24N2S. The fourth-order valence-corrected chi connectivity index (χ4v) is 3.09. The molecule has 0 unspecified atom stereocenters. The molecule has 17 heavy (non-hydrogen) atoms. The van der Waals surface area contributed by atoms with Gasteiger partial charge < -0.3 is 10.2 Å². The number of hydrogen-bond donors (Lipinski definition) is 1. The second-order valence-corrected chi connectivity index (χ2v) is 5.67. The van der Waals surface area contributed by atoms with Gasteiger partial charge in [-0.3, -0.25) is 0 Å². The summed E-state index contributed by atoms with van der Waals surface area (Å²) in [6, 6.07) is 2.22. The Labute approximate surface area is 109 Å². The second kappa shape index (κ2) is 7.85. The van der Waals surface area contributed by atoms with Crippen LogP contribution < -0.4 is 5.32 Å². The zero-order valence-corrected chi connectivity index (χ0v) is 11.5. The first-order valence-electron chi connectivity index (χ1n) is 6.89. The van der Waals surface area contributed by atoms with Crippen LogP contribution in [-0.2, 0) is 6.42 Å². The first kappa shape index (κ1) is 13.1. The van der Waals surface area contributed by atoms with Crippen LogP contribution in [0.3, 0.4) is 0 Å². The summed E-state index contributed by atoms with van der Waals surface area (Å²) in [6.45, 7) is 6.11. The molecule has 0 spiro atoms. The van der Waals surface area contributed by atoms with Gasteiger partial charge in [0.15, 0.2) is 0 Å². The van der Waals surface area contributed by atoms with Gasteiger partial charge in [-0.2, -0.15) is 11.3 Å². The summed E-state index contributed by atoms with van der Waals surface area (Å²) in [5.41, 5.74) is 1.47. The lowest BCUT2D eigenvalue weighted by molar-refractivity contribution is 0.284. The molecule has 3 heteroatoms. The van der Waals surface area contributed by atoms with E-state index in [-0.39, 0.29) is 0 Å². The molecule has 0 saturated carbocycles. The fourth-order valence-electron chi connectivity index (χ4n) is 2.39. The Morgan fingerprint density at radius 2 is 1.94 bits per heavy atom. The van der Waals surface area contributed by atoms with Crippen LogP contribution in [0.1, 0.15) is 31.2 Å². The van der Waals surface area contributed by atoms with Crippen LogP contribution in [0.5, 0.6) is 0 Å². The number of likely N-dealkylation sites (tertiary alicyclic amines) is 1. The molecule has 1 aromatic rings. The lowest BCUT2D eigenvalue weighted by Crippen LogP contribution is -2.33. The Bertz CT molecular complexity index is 276. The molecule has 1 fully saturated rings. The lowest BCUT2D eigenvalue weighted by Gasteiger charge is -2.19. The van der Waals surface area contributed by atoms with Gasteiger partial charge in [-0.15, -0.1) is 0 Å². The van der Waals surface area contributed by atoms with Gasteiger partial charge in [0.1, 0.15) is 0 Å². The fraction of sp³-hybridized carbons (Fsp3) is 0.714. The van der Waals surface area contributed by atoms with E-state index in [0.717, 1.165) is 13.1 Å². The summed E-state index contributed by atoms with van der Waals surface area (Å²) in [5, 5.41) is 7.96. The first-order chi connectivity index (χ1) is 8.45.